The summed E-state index contributed by atoms with van der Waals surface area (Å²) in [6.07, 6.45) is 18.0. The van der Waals surface area contributed by atoms with Gasteiger partial charge in [0.15, 0.2) is 0 Å². The zero-order valence-corrected chi connectivity index (χ0v) is 26.6. The number of hydrogen-bond donors (Lipinski definition) is 0. The number of hydrogen-bond acceptors (Lipinski definition) is 8. The summed E-state index contributed by atoms with van der Waals surface area (Å²) in [5.41, 5.74) is -2.54. The van der Waals surface area contributed by atoms with Gasteiger partial charge in [0.05, 0.1) is 5.92 Å². The molecule has 0 spiro atoms. The largest absolute Gasteiger partial charge is 0.462 e. The minimum Gasteiger partial charge on any atom is -0.462 e. The van der Waals surface area contributed by atoms with Crippen LogP contribution in [0.1, 0.15) is 161 Å². The predicted octanol–water partition coefficient (Wildman–Crippen LogP) is 7.67. The van der Waals surface area contributed by atoms with Crippen LogP contribution < -0.4 is 0 Å². The molecule has 0 heterocycles. The van der Waals surface area contributed by atoms with E-state index in [1.165, 1.54) is 0 Å². The lowest BCUT2D eigenvalue weighted by Gasteiger charge is -2.38. The molecule has 4 fully saturated rings. The van der Waals surface area contributed by atoms with Crippen LogP contribution in [0, 0.1) is 11.3 Å². The van der Waals surface area contributed by atoms with Crippen LogP contribution in [0.2, 0.25) is 0 Å². The molecular formula is C35H56O8. The van der Waals surface area contributed by atoms with E-state index in [0.29, 0.717) is 44.9 Å². The second-order valence-electron chi connectivity index (χ2n) is 13.5. The highest BCUT2D eigenvalue weighted by atomic mass is 16.6. The fourth-order valence-corrected chi connectivity index (χ4v) is 7.50. The van der Waals surface area contributed by atoms with E-state index in [4.69, 9.17) is 18.9 Å². The fraction of sp³-hybridized carbons (Fsp3) is 0.886. The van der Waals surface area contributed by atoms with Gasteiger partial charge in [-0.3, -0.25) is 19.2 Å². The van der Waals surface area contributed by atoms with Gasteiger partial charge in [-0.1, -0.05) is 51.9 Å². The third kappa shape index (κ3) is 9.20. The Bertz CT molecular complexity index is 813. The van der Waals surface area contributed by atoms with Gasteiger partial charge in [-0.2, -0.15) is 0 Å². The van der Waals surface area contributed by atoms with E-state index in [-0.39, 0.29) is 12.5 Å². The molecule has 0 aliphatic heterocycles. The average Bonchev–Trinajstić information content (AvgIpc) is 3.02. The van der Waals surface area contributed by atoms with Crippen molar-refractivity contribution in [1.29, 1.82) is 0 Å². The summed E-state index contributed by atoms with van der Waals surface area (Å²) < 4.78 is 24.2. The molecule has 0 aromatic rings. The van der Waals surface area contributed by atoms with E-state index < -0.39 is 53.5 Å². The van der Waals surface area contributed by atoms with Crippen molar-refractivity contribution in [3.63, 3.8) is 0 Å². The van der Waals surface area contributed by atoms with E-state index in [9.17, 15) is 19.2 Å². The molecule has 0 aromatic heterocycles. The molecule has 43 heavy (non-hydrogen) atoms. The van der Waals surface area contributed by atoms with Crippen molar-refractivity contribution in [3.8, 4) is 0 Å². The SMILES string of the molecule is CCCCCC(C(=O)OC1CCCCC1)C(C(=O)OC1CCCCC1)(C(=O)OC1CCCCC1)C(=O)OC1CCCCC1. The van der Waals surface area contributed by atoms with Gasteiger partial charge in [-0.15, -0.1) is 0 Å². The average molecular weight is 605 g/mol. The van der Waals surface area contributed by atoms with E-state index in [2.05, 4.69) is 6.92 Å². The third-order valence-electron chi connectivity index (χ3n) is 10.2. The fourth-order valence-electron chi connectivity index (χ4n) is 7.50. The molecule has 0 bridgehead atoms. The summed E-state index contributed by atoms with van der Waals surface area (Å²) in [6, 6.07) is 0. The summed E-state index contributed by atoms with van der Waals surface area (Å²) in [7, 11) is 0. The summed E-state index contributed by atoms with van der Waals surface area (Å²) >= 11 is 0. The first-order chi connectivity index (χ1) is 20.9. The monoisotopic (exact) mass is 604 g/mol. The van der Waals surface area contributed by atoms with Crippen molar-refractivity contribution in [2.45, 2.75) is 185 Å². The maximum atomic E-state index is 14.5. The van der Waals surface area contributed by atoms with Crippen molar-refractivity contribution in [2.75, 3.05) is 0 Å². The lowest BCUT2D eigenvalue weighted by molar-refractivity contribution is -0.203. The molecule has 1 unspecified atom stereocenters. The zero-order valence-electron chi connectivity index (χ0n) is 26.6. The van der Waals surface area contributed by atoms with Gasteiger partial charge in [0, 0.05) is 0 Å². The Kier molecular flexibility index (Phi) is 13.7. The highest BCUT2D eigenvalue weighted by Gasteiger charge is 2.66. The van der Waals surface area contributed by atoms with Crippen LogP contribution in [-0.2, 0) is 38.1 Å². The molecule has 0 amide bonds. The minimum absolute atomic E-state index is 0.151. The lowest BCUT2D eigenvalue weighted by atomic mass is 9.72. The molecule has 0 N–H and O–H groups in total. The van der Waals surface area contributed by atoms with Gasteiger partial charge in [-0.25, -0.2) is 0 Å². The Balaban J connectivity index is 1.74. The summed E-state index contributed by atoms with van der Waals surface area (Å²) in [5.74, 6) is -4.98. The van der Waals surface area contributed by atoms with Crippen LogP contribution in [-0.4, -0.2) is 48.3 Å². The smallest absolute Gasteiger partial charge is 0.336 e. The van der Waals surface area contributed by atoms with Crippen molar-refractivity contribution in [2.24, 2.45) is 11.3 Å². The van der Waals surface area contributed by atoms with E-state index in [1.807, 2.05) is 0 Å². The first kappa shape index (κ1) is 33.8. The van der Waals surface area contributed by atoms with Crippen LogP contribution in [0.4, 0.5) is 0 Å². The summed E-state index contributed by atoms with van der Waals surface area (Å²) in [6.45, 7) is 2.05. The minimum atomic E-state index is -2.54. The van der Waals surface area contributed by atoms with Crippen LogP contribution in [0.25, 0.3) is 0 Å². The van der Waals surface area contributed by atoms with Crippen LogP contribution in [0.5, 0.6) is 0 Å². The highest BCUT2D eigenvalue weighted by Crippen LogP contribution is 2.42. The van der Waals surface area contributed by atoms with Gasteiger partial charge in [0.25, 0.3) is 5.41 Å². The zero-order chi connectivity index (χ0) is 30.5. The Morgan fingerprint density at radius 1 is 0.512 bits per heavy atom. The van der Waals surface area contributed by atoms with Gasteiger partial charge >= 0.3 is 23.9 Å². The van der Waals surface area contributed by atoms with Crippen LogP contribution in [0.3, 0.4) is 0 Å². The second-order valence-corrected chi connectivity index (χ2v) is 13.5. The van der Waals surface area contributed by atoms with Gasteiger partial charge < -0.3 is 18.9 Å². The summed E-state index contributed by atoms with van der Waals surface area (Å²) in [5, 5.41) is 0. The number of esters is 4. The molecule has 8 nitrogen and oxygen atoms in total. The van der Waals surface area contributed by atoms with Crippen molar-refractivity contribution in [1.82, 2.24) is 0 Å². The lowest BCUT2D eigenvalue weighted by Crippen LogP contribution is -2.58. The Hall–Kier alpha value is -2.12. The van der Waals surface area contributed by atoms with Gasteiger partial charge in [0.1, 0.15) is 24.4 Å². The molecule has 4 aliphatic carbocycles. The van der Waals surface area contributed by atoms with E-state index in [1.54, 1.807) is 0 Å². The van der Waals surface area contributed by atoms with E-state index in [0.717, 1.165) is 103 Å². The molecular weight excluding hydrogens is 548 g/mol. The van der Waals surface area contributed by atoms with Gasteiger partial charge in [-0.05, 0) is 109 Å². The van der Waals surface area contributed by atoms with Crippen molar-refractivity contribution < 1.29 is 38.1 Å². The Morgan fingerprint density at radius 2 is 0.837 bits per heavy atom. The number of rotatable bonds is 13. The van der Waals surface area contributed by atoms with Crippen LogP contribution in [0.15, 0.2) is 0 Å². The molecule has 4 saturated carbocycles. The number of carbonyl (C=O) groups is 4. The predicted molar refractivity (Wildman–Crippen MR) is 162 cm³/mol. The maximum absolute atomic E-state index is 14.5. The normalized spacial score (nSPS) is 22.3. The van der Waals surface area contributed by atoms with Crippen LogP contribution >= 0.6 is 0 Å². The van der Waals surface area contributed by atoms with E-state index >= 15 is 0 Å². The van der Waals surface area contributed by atoms with Crippen molar-refractivity contribution in [3.05, 3.63) is 0 Å². The Morgan fingerprint density at radius 3 is 1.16 bits per heavy atom. The summed E-state index contributed by atoms with van der Waals surface area (Å²) in [4.78, 5) is 57.8. The third-order valence-corrected chi connectivity index (χ3v) is 10.2. The van der Waals surface area contributed by atoms with Gasteiger partial charge in [0.2, 0.25) is 0 Å². The molecule has 0 aromatic carbocycles. The number of ether oxygens (including phenoxy) is 4. The first-order valence-corrected chi connectivity index (χ1v) is 17.8. The molecule has 0 saturated heterocycles. The molecule has 0 radical (unpaired) electrons. The maximum Gasteiger partial charge on any atom is 0.336 e. The molecule has 244 valence electrons. The standard InChI is InChI=1S/C35H56O8/c1-2-3-8-25-30(31(36)40-26-17-9-4-10-18-26)35(32(37)41-27-19-11-5-12-20-27,33(38)42-28-21-13-6-14-22-28)34(39)43-29-23-15-7-16-24-29/h26-30H,2-25H2,1H3. The molecule has 4 aliphatic rings. The highest BCUT2D eigenvalue weighted by molar-refractivity contribution is 6.20. The number of unbranched alkanes of at least 4 members (excludes halogenated alkanes) is 2. The first-order valence-electron chi connectivity index (χ1n) is 17.8. The topological polar surface area (TPSA) is 105 Å². The Labute approximate surface area is 258 Å². The number of carbonyl (C=O) groups excluding carboxylic acids is 4. The molecule has 8 heteroatoms. The quantitative estimate of drug-likeness (QED) is 0.0913. The van der Waals surface area contributed by atoms with Crippen molar-refractivity contribution >= 4 is 23.9 Å². The second kappa shape index (κ2) is 17.4. The molecule has 1 atom stereocenters. The molecule has 4 rings (SSSR count).